The van der Waals surface area contributed by atoms with E-state index in [1.54, 1.807) is 24.4 Å². The number of rotatable bonds is 7. The number of benzene rings is 1. The molecule has 3 heterocycles. The Kier molecular flexibility index (Phi) is 5.61. The van der Waals surface area contributed by atoms with Gasteiger partial charge >= 0.3 is 5.97 Å². The lowest BCUT2D eigenvalue weighted by molar-refractivity contribution is 0.0697. The summed E-state index contributed by atoms with van der Waals surface area (Å²) in [6.45, 7) is 4.16. The van der Waals surface area contributed by atoms with E-state index in [4.69, 9.17) is 9.47 Å². The summed E-state index contributed by atoms with van der Waals surface area (Å²) in [6, 6.07) is 14.5. The molecule has 1 aromatic carbocycles. The zero-order valence-electron chi connectivity index (χ0n) is 17.0. The second kappa shape index (κ2) is 8.66. The van der Waals surface area contributed by atoms with E-state index < -0.39 is 5.97 Å². The number of hydrogen-bond donors (Lipinski definition) is 2. The molecule has 0 aliphatic rings. The smallest absolute Gasteiger partial charge is 0.339 e. The van der Waals surface area contributed by atoms with Crippen LogP contribution < -0.4 is 14.8 Å². The molecule has 0 radical (unpaired) electrons. The first kappa shape index (κ1) is 20.1. The standard InChI is InChI=1S/C23H20N4O4/c1-3-30-19-11-17-21(18(23(28)29)13-25-22(17)26-14(19)2)27-15-9-10-20(24-12-15)31-16-7-5-4-6-8-16/h4-13H,3H2,1-2H3,(H,28,29)(H,25,26,27). The summed E-state index contributed by atoms with van der Waals surface area (Å²) in [6.07, 6.45) is 2.86. The van der Waals surface area contributed by atoms with Crippen molar-refractivity contribution in [2.75, 3.05) is 11.9 Å². The first-order chi connectivity index (χ1) is 15.0. The van der Waals surface area contributed by atoms with Crippen molar-refractivity contribution in [3.05, 3.63) is 72.2 Å². The summed E-state index contributed by atoms with van der Waals surface area (Å²) in [4.78, 5) is 24.8. The molecule has 0 unspecified atom stereocenters. The lowest BCUT2D eigenvalue weighted by Gasteiger charge is -2.14. The molecule has 4 rings (SSSR count). The fraction of sp³-hybridized carbons (Fsp3) is 0.130. The van der Waals surface area contributed by atoms with Gasteiger partial charge in [-0.15, -0.1) is 0 Å². The summed E-state index contributed by atoms with van der Waals surface area (Å²) in [5, 5.41) is 13.4. The van der Waals surface area contributed by atoms with E-state index in [-0.39, 0.29) is 5.56 Å². The average molecular weight is 416 g/mol. The van der Waals surface area contributed by atoms with E-state index in [0.29, 0.717) is 52.1 Å². The first-order valence-corrected chi connectivity index (χ1v) is 9.67. The molecule has 0 atom stereocenters. The Morgan fingerprint density at radius 3 is 2.58 bits per heavy atom. The highest BCUT2D eigenvalue weighted by molar-refractivity contribution is 6.04. The van der Waals surface area contributed by atoms with Crippen molar-refractivity contribution < 1.29 is 19.4 Å². The number of aromatic nitrogens is 3. The van der Waals surface area contributed by atoms with Crippen molar-refractivity contribution >= 4 is 28.4 Å². The highest BCUT2D eigenvalue weighted by Gasteiger charge is 2.18. The number of ether oxygens (including phenoxy) is 2. The summed E-state index contributed by atoms with van der Waals surface area (Å²) in [5.74, 6) is 0.569. The van der Waals surface area contributed by atoms with Gasteiger partial charge in [-0.1, -0.05) is 18.2 Å². The van der Waals surface area contributed by atoms with E-state index in [2.05, 4.69) is 20.3 Å². The van der Waals surface area contributed by atoms with Gasteiger partial charge in [0.15, 0.2) is 5.65 Å². The molecule has 156 valence electrons. The van der Waals surface area contributed by atoms with Crippen molar-refractivity contribution in [1.29, 1.82) is 0 Å². The molecule has 8 heteroatoms. The molecule has 0 saturated heterocycles. The molecule has 8 nitrogen and oxygen atoms in total. The Morgan fingerprint density at radius 2 is 1.90 bits per heavy atom. The van der Waals surface area contributed by atoms with Crippen LogP contribution in [0.2, 0.25) is 0 Å². The van der Waals surface area contributed by atoms with Crippen LogP contribution in [0.4, 0.5) is 11.4 Å². The molecule has 0 aliphatic carbocycles. The Morgan fingerprint density at radius 1 is 1.10 bits per heavy atom. The molecule has 0 amide bonds. The Balaban J connectivity index is 1.70. The van der Waals surface area contributed by atoms with Crippen LogP contribution in [-0.4, -0.2) is 32.6 Å². The minimum Gasteiger partial charge on any atom is -0.492 e. The highest BCUT2D eigenvalue weighted by Crippen LogP contribution is 2.32. The predicted octanol–water partition coefficient (Wildman–Crippen LogP) is 4.97. The number of carboxylic acid groups (broad SMARTS) is 1. The van der Waals surface area contributed by atoms with Crippen molar-refractivity contribution in [3.8, 4) is 17.4 Å². The van der Waals surface area contributed by atoms with Gasteiger partial charge in [0, 0.05) is 17.6 Å². The van der Waals surface area contributed by atoms with Crippen LogP contribution in [0.15, 0.2) is 60.9 Å². The summed E-state index contributed by atoms with van der Waals surface area (Å²) >= 11 is 0. The van der Waals surface area contributed by atoms with Gasteiger partial charge in [0.1, 0.15) is 17.1 Å². The van der Waals surface area contributed by atoms with Crippen LogP contribution in [0.5, 0.6) is 17.4 Å². The number of aryl methyl sites for hydroxylation is 1. The van der Waals surface area contributed by atoms with Crippen LogP contribution in [0.3, 0.4) is 0 Å². The van der Waals surface area contributed by atoms with Gasteiger partial charge in [-0.3, -0.25) is 0 Å². The third-order valence-electron chi connectivity index (χ3n) is 4.50. The monoisotopic (exact) mass is 416 g/mol. The van der Waals surface area contributed by atoms with Crippen molar-refractivity contribution in [1.82, 2.24) is 15.0 Å². The first-order valence-electron chi connectivity index (χ1n) is 9.67. The Hall–Kier alpha value is -4.20. The summed E-state index contributed by atoms with van der Waals surface area (Å²) < 4.78 is 11.3. The molecule has 0 aliphatic heterocycles. The Bertz CT molecular complexity index is 1230. The molecule has 31 heavy (non-hydrogen) atoms. The molecule has 0 saturated carbocycles. The van der Waals surface area contributed by atoms with Crippen LogP contribution in [0, 0.1) is 6.92 Å². The Labute approximate surface area is 178 Å². The third-order valence-corrected chi connectivity index (χ3v) is 4.50. The maximum Gasteiger partial charge on any atom is 0.339 e. The van der Waals surface area contributed by atoms with Crippen molar-refractivity contribution in [3.63, 3.8) is 0 Å². The number of hydrogen-bond acceptors (Lipinski definition) is 7. The quantitative estimate of drug-likeness (QED) is 0.435. The number of anilines is 2. The maximum absolute atomic E-state index is 11.8. The van der Waals surface area contributed by atoms with Gasteiger partial charge in [0.25, 0.3) is 0 Å². The maximum atomic E-state index is 11.8. The van der Waals surface area contributed by atoms with Gasteiger partial charge in [-0.2, -0.15) is 0 Å². The molecule has 4 aromatic rings. The zero-order valence-corrected chi connectivity index (χ0v) is 17.0. The van der Waals surface area contributed by atoms with Gasteiger partial charge < -0.3 is 19.9 Å². The number of aromatic carboxylic acids is 1. The molecule has 0 spiro atoms. The fourth-order valence-electron chi connectivity index (χ4n) is 3.06. The van der Waals surface area contributed by atoms with Gasteiger partial charge in [0.2, 0.25) is 5.88 Å². The number of fused-ring (bicyclic) bond motifs is 1. The number of pyridine rings is 3. The van der Waals surface area contributed by atoms with Crippen LogP contribution in [0.25, 0.3) is 11.0 Å². The highest BCUT2D eigenvalue weighted by atomic mass is 16.5. The van der Waals surface area contributed by atoms with Crippen LogP contribution in [-0.2, 0) is 0 Å². The minimum atomic E-state index is -1.10. The van der Waals surface area contributed by atoms with Crippen molar-refractivity contribution in [2.24, 2.45) is 0 Å². The molecular weight excluding hydrogens is 396 g/mol. The topological polar surface area (TPSA) is 106 Å². The number of carbonyl (C=O) groups is 1. The van der Waals surface area contributed by atoms with Gasteiger partial charge in [-0.05, 0) is 38.1 Å². The number of nitrogens with one attached hydrogen (secondary N) is 1. The lowest BCUT2D eigenvalue weighted by atomic mass is 10.1. The van der Waals surface area contributed by atoms with Crippen molar-refractivity contribution in [2.45, 2.75) is 13.8 Å². The van der Waals surface area contributed by atoms with Crippen LogP contribution >= 0.6 is 0 Å². The number of para-hydroxylation sites is 1. The minimum absolute atomic E-state index is 0.0187. The second-order valence-corrected chi connectivity index (χ2v) is 6.65. The molecule has 0 fully saturated rings. The molecule has 0 bridgehead atoms. The number of nitrogens with zero attached hydrogens (tertiary/aromatic N) is 3. The van der Waals surface area contributed by atoms with Gasteiger partial charge in [0.05, 0.1) is 29.9 Å². The fourth-order valence-corrected chi connectivity index (χ4v) is 3.06. The molecule has 2 N–H and O–H groups in total. The summed E-state index contributed by atoms with van der Waals surface area (Å²) in [7, 11) is 0. The normalized spacial score (nSPS) is 10.6. The van der Waals surface area contributed by atoms with E-state index in [1.165, 1.54) is 6.20 Å². The van der Waals surface area contributed by atoms with E-state index in [9.17, 15) is 9.90 Å². The zero-order chi connectivity index (χ0) is 21.8. The summed E-state index contributed by atoms with van der Waals surface area (Å²) in [5.41, 5.74) is 2.08. The predicted molar refractivity (Wildman–Crippen MR) is 116 cm³/mol. The van der Waals surface area contributed by atoms with E-state index in [1.807, 2.05) is 44.2 Å². The largest absolute Gasteiger partial charge is 0.492 e. The SMILES string of the molecule is CCOc1cc2c(Nc3ccc(Oc4ccccc4)nc3)c(C(=O)O)cnc2nc1C. The average Bonchev–Trinajstić information content (AvgIpc) is 2.77. The number of carboxylic acids is 1. The van der Waals surface area contributed by atoms with Gasteiger partial charge in [-0.25, -0.2) is 19.7 Å². The molecular formula is C23H20N4O4. The van der Waals surface area contributed by atoms with E-state index >= 15 is 0 Å². The van der Waals surface area contributed by atoms with E-state index in [0.717, 1.165) is 0 Å². The van der Waals surface area contributed by atoms with Crippen LogP contribution in [0.1, 0.15) is 23.0 Å². The second-order valence-electron chi connectivity index (χ2n) is 6.65. The lowest BCUT2D eigenvalue weighted by Crippen LogP contribution is -2.06. The molecule has 3 aromatic heterocycles. The third kappa shape index (κ3) is 4.37.